The summed E-state index contributed by atoms with van der Waals surface area (Å²) in [5.74, 6) is -0.661. The summed E-state index contributed by atoms with van der Waals surface area (Å²) >= 11 is 0. The third-order valence-electron chi connectivity index (χ3n) is 5.06. The SMILES string of the molecule is CC(C)Oc1ccc(S(=O)(=O)N2CCOCC2)cc1NC(=O)c1ccn(-c2cccc(F)c2)n1. The monoisotopic (exact) mass is 488 g/mol. The minimum absolute atomic E-state index is 0.0334. The van der Waals surface area contributed by atoms with Crippen LogP contribution < -0.4 is 10.1 Å². The number of carbonyl (C=O) groups excluding carboxylic acids is 1. The Balaban J connectivity index is 1.62. The van der Waals surface area contributed by atoms with Crippen LogP contribution in [0.1, 0.15) is 24.3 Å². The molecular weight excluding hydrogens is 463 g/mol. The van der Waals surface area contributed by atoms with E-state index in [1.165, 1.54) is 51.6 Å². The van der Waals surface area contributed by atoms with Crippen LogP contribution in [-0.4, -0.2) is 60.8 Å². The van der Waals surface area contributed by atoms with E-state index in [9.17, 15) is 17.6 Å². The molecular formula is C23H25FN4O5S. The van der Waals surface area contributed by atoms with Gasteiger partial charge in [0.2, 0.25) is 10.0 Å². The lowest BCUT2D eigenvalue weighted by atomic mass is 10.2. The Morgan fingerprint density at radius 3 is 2.62 bits per heavy atom. The molecule has 1 aliphatic rings. The first-order valence-corrected chi connectivity index (χ1v) is 12.2. The standard InChI is InChI=1S/C23H25FN4O5S/c1-16(2)33-22-7-6-19(34(30,31)27-10-12-32-13-11-27)15-21(22)25-23(29)20-8-9-28(26-20)18-5-3-4-17(24)14-18/h3-9,14-16H,10-13H2,1-2H3,(H,25,29). The quantitative estimate of drug-likeness (QED) is 0.548. The van der Waals surface area contributed by atoms with Gasteiger partial charge in [0.25, 0.3) is 5.91 Å². The number of carbonyl (C=O) groups is 1. The highest BCUT2D eigenvalue weighted by Crippen LogP contribution is 2.30. The average Bonchev–Trinajstić information content (AvgIpc) is 3.31. The van der Waals surface area contributed by atoms with Crippen molar-refractivity contribution in [3.8, 4) is 11.4 Å². The molecule has 1 amide bonds. The minimum atomic E-state index is -3.77. The van der Waals surface area contributed by atoms with Gasteiger partial charge in [-0.15, -0.1) is 0 Å². The molecule has 1 fully saturated rings. The van der Waals surface area contributed by atoms with Crippen molar-refractivity contribution < 1.29 is 27.1 Å². The van der Waals surface area contributed by atoms with Gasteiger partial charge in [-0.1, -0.05) is 6.07 Å². The van der Waals surface area contributed by atoms with Gasteiger partial charge in [0.05, 0.1) is 35.6 Å². The zero-order chi connectivity index (χ0) is 24.3. The van der Waals surface area contributed by atoms with Gasteiger partial charge in [-0.2, -0.15) is 9.40 Å². The van der Waals surface area contributed by atoms with Gasteiger partial charge in [-0.3, -0.25) is 4.79 Å². The van der Waals surface area contributed by atoms with Crippen molar-refractivity contribution >= 4 is 21.6 Å². The van der Waals surface area contributed by atoms with E-state index in [-0.39, 0.29) is 35.5 Å². The van der Waals surface area contributed by atoms with E-state index in [1.54, 1.807) is 12.1 Å². The number of nitrogens with zero attached hydrogens (tertiary/aromatic N) is 3. The molecule has 0 bridgehead atoms. The molecule has 0 saturated carbocycles. The smallest absolute Gasteiger partial charge is 0.276 e. The van der Waals surface area contributed by atoms with Crippen LogP contribution in [0.15, 0.2) is 59.6 Å². The molecule has 0 unspecified atom stereocenters. The van der Waals surface area contributed by atoms with Crippen molar-refractivity contribution in [1.29, 1.82) is 0 Å². The summed E-state index contributed by atoms with van der Waals surface area (Å²) in [6.45, 7) is 4.81. The number of sulfonamides is 1. The predicted molar refractivity (Wildman–Crippen MR) is 123 cm³/mol. The van der Waals surface area contributed by atoms with Crippen molar-refractivity contribution in [3.63, 3.8) is 0 Å². The van der Waals surface area contributed by atoms with E-state index in [4.69, 9.17) is 9.47 Å². The number of morpholine rings is 1. The van der Waals surface area contributed by atoms with Gasteiger partial charge >= 0.3 is 0 Å². The summed E-state index contributed by atoms with van der Waals surface area (Å²) in [7, 11) is -3.77. The molecule has 2 aromatic carbocycles. The summed E-state index contributed by atoms with van der Waals surface area (Å²) in [6.07, 6.45) is 1.33. The fraction of sp³-hybridized carbons (Fsp3) is 0.304. The maximum absolute atomic E-state index is 13.5. The Hall–Kier alpha value is -3.28. The number of hydrogen-bond donors (Lipinski definition) is 1. The molecule has 34 heavy (non-hydrogen) atoms. The molecule has 1 saturated heterocycles. The van der Waals surface area contributed by atoms with Crippen molar-refractivity contribution in [3.05, 3.63) is 66.2 Å². The number of aromatic nitrogens is 2. The molecule has 3 aromatic rings. The Bertz CT molecular complexity index is 1290. The van der Waals surface area contributed by atoms with E-state index in [0.717, 1.165) is 0 Å². The lowest BCUT2D eigenvalue weighted by molar-refractivity contribution is 0.0730. The first-order valence-electron chi connectivity index (χ1n) is 10.8. The second kappa shape index (κ2) is 9.92. The fourth-order valence-corrected chi connectivity index (χ4v) is 4.89. The molecule has 1 aromatic heterocycles. The summed E-state index contributed by atoms with van der Waals surface area (Å²) < 4.78 is 53.4. The zero-order valence-corrected chi connectivity index (χ0v) is 19.6. The van der Waals surface area contributed by atoms with Crippen molar-refractivity contribution in [2.45, 2.75) is 24.8 Å². The van der Waals surface area contributed by atoms with Crippen LogP contribution in [-0.2, 0) is 14.8 Å². The van der Waals surface area contributed by atoms with Gasteiger partial charge in [0.1, 0.15) is 11.6 Å². The first-order chi connectivity index (χ1) is 16.2. The van der Waals surface area contributed by atoms with E-state index in [0.29, 0.717) is 24.7 Å². The van der Waals surface area contributed by atoms with Crippen LogP contribution in [0.2, 0.25) is 0 Å². The van der Waals surface area contributed by atoms with Gasteiger partial charge in [-0.25, -0.2) is 17.5 Å². The Morgan fingerprint density at radius 1 is 1.15 bits per heavy atom. The van der Waals surface area contributed by atoms with Gasteiger partial charge in [0, 0.05) is 19.3 Å². The van der Waals surface area contributed by atoms with Gasteiger partial charge in [-0.05, 0) is 56.3 Å². The van der Waals surface area contributed by atoms with E-state index >= 15 is 0 Å². The third kappa shape index (κ3) is 5.27. The first kappa shape index (κ1) is 23.9. The highest BCUT2D eigenvalue weighted by Gasteiger charge is 2.27. The number of rotatable bonds is 7. The molecule has 0 atom stereocenters. The molecule has 180 valence electrons. The Kier molecular flexibility index (Phi) is 6.96. The highest BCUT2D eigenvalue weighted by atomic mass is 32.2. The molecule has 2 heterocycles. The molecule has 4 rings (SSSR count). The van der Waals surface area contributed by atoms with Crippen LogP contribution in [0.4, 0.5) is 10.1 Å². The Labute approximate surface area is 197 Å². The van der Waals surface area contributed by atoms with Crippen molar-refractivity contribution in [1.82, 2.24) is 14.1 Å². The van der Waals surface area contributed by atoms with Crippen molar-refractivity contribution in [2.75, 3.05) is 31.6 Å². The lowest BCUT2D eigenvalue weighted by Crippen LogP contribution is -2.40. The van der Waals surface area contributed by atoms with Crippen LogP contribution in [0, 0.1) is 5.82 Å². The van der Waals surface area contributed by atoms with E-state index < -0.39 is 21.7 Å². The van der Waals surface area contributed by atoms with Crippen LogP contribution >= 0.6 is 0 Å². The molecule has 0 aliphatic carbocycles. The van der Waals surface area contributed by atoms with Crippen LogP contribution in [0.3, 0.4) is 0 Å². The maximum Gasteiger partial charge on any atom is 0.276 e. The average molecular weight is 489 g/mol. The fourth-order valence-electron chi connectivity index (χ4n) is 3.45. The van der Waals surface area contributed by atoms with Crippen LogP contribution in [0.25, 0.3) is 5.69 Å². The number of anilines is 1. The van der Waals surface area contributed by atoms with Crippen molar-refractivity contribution in [2.24, 2.45) is 0 Å². The molecule has 0 radical (unpaired) electrons. The molecule has 9 nitrogen and oxygen atoms in total. The number of hydrogen-bond acceptors (Lipinski definition) is 6. The molecule has 1 aliphatic heterocycles. The number of amides is 1. The van der Waals surface area contributed by atoms with E-state index in [1.807, 2.05) is 13.8 Å². The Morgan fingerprint density at radius 2 is 1.91 bits per heavy atom. The third-order valence-corrected chi connectivity index (χ3v) is 6.96. The number of nitrogens with one attached hydrogen (secondary N) is 1. The number of ether oxygens (including phenoxy) is 2. The number of halogens is 1. The normalized spacial score (nSPS) is 14.8. The van der Waals surface area contributed by atoms with Gasteiger partial charge < -0.3 is 14.8 Å². The molecule has 11 heteroatoms. The highest BCUT2D eigenvalue weighted by molar-refractivity contribution is 7.89. The largest absolute Gasteiger partial charge is 0.489 e. The summed E-state index contributed by atoms with van der Waals surface area (Å²) in [4.78, 5) is 13.0. The summed E-state index contributed by atoms with van der Waals surface area (Å²) in [5.41, 5.74) is 0.732. The van der Waals surface area contributed by atoms with E-state index in [2.05, 4.69) is 10.4 Å². The second-order valence-electron chi connectivity index (χ2n) is 7.92. The maximum atomic E-state index is 13.5. The second-order valence-corrected chi connectivity index (χ2v) is 9.86. The minimum Gasteiger partial charge on any atom is -0.489 e. The zero-order valence-electron chi connectivity index (χ0n) is 18.8. The topological polar surface area (TPSA) is 103 Å². The predicted octanol–water partition coefficient (Wildman–Crippen LogP) is 3.07. The number of benzene rings is 2. The molecule has 1 N–H and O–H groups in total. The summed E-state index contributed by atoms with van der Waals surface area (Å²) in [6, 6.07) is 11.7. The van der Waals surface area contributed by atoms with Crippen LogP contribution in [0.5, 0.6) is 5.75 Å². The lowest BCUT2D eigenvalue weighted by Gasteiger charge is -2.26. The van der Waals surface area contributed by atoms with Gasteiger partial charge in [0.15, 0.2) is 5.69 Å². The molecule has 0 spiro atoms. The summed E-state index contributed by atoms with van der Waals surface area (Å²) in [5, 5.41) is 6.91.